The Hall–Kier alpha value is 0.540. The van der Waals surface area contributed by atoms with E-state index in [-0.39, 0.29) is 23.1 Å². The van der Waals surface area contributed by atoms with Crippen LogP contribution in [0.1, 0.15) is 32.6 Å². The Morgan fingerprint density at radius 2 is 2.08 bits per heavy atom. The molecule has 0 heterocycles. The van der Waals surface area contributed by atoms with Gasteiger partial charge in [0.25, 0.3) is 0 Å². The van der Waals surface area contributed by atoms with Crippen molar-refractivity contribution in [2.45, 2.75) is 38.7 Å². The highest BCUT2D eigenvalue weighted by molar-refractivity contribution is 8.93. The maximum Gasteiger partial charge on any atom is 0.148 e. The zero-order valence-electron chi connectivity index (χ0n) is 8.20. The number of unbranched alkanes of at least 4 members (excludes halogenated alkanes) is 2. The van der Waals surface area contributed by atoms with Crippen LogP contribution >= 0.6 is 26.2 Å². The summed E-state index contributed by atoms with van der Waals surface area (Å²) in [5.74, 6) is 0. The van der Waals surface area contributed by atoms with Gasteiger partial charge >= 0.3 is 0 Å². The Kier molecular flexibility index (Phi) is 15.4. The van der Waals surface area contributed by atoms with Gasteiger partial charge in [0, 0.05) is 6.61 Å². The summed E-state index contributed by atoms with van der Waals surface area (Å²) in [7, 11) is 2.71. The van der Waals surface area contributed by atoms with Crippen LogP contribution in [0.5, 0.6) is 0 Å². The molecule has 0 saturated carbocycles. The third-order valence-electron chi connectivity index (χ3n) is 1.73. The van der Waals surface area contributed by atoms with E-state index in [0.717, 1.165) is 25.3 Å². The molecule has 0 bridgehead atoms. The van der Waals surface area contributed by atoms with Crippen LogP contribution < -0.4 is 0 Å². The van der Waals surface area contributed by atoms with Crippen LogP contribution in [0.4, 0.5) is 0 Å². The normalized spacial score (nSPS) is 11.8. The molecular weight excluding hydrogens is 251 g/mol. The molecule has 0 aromatic carbocycles. The molecule has 0 spiro atoms. The molecule has 0 amide bonds. The molecule has 0 radical (unpaired) electrons. The van der Waals surface area contributed by atoms with Crippen molar-refractivity contribution in [1.29, 1.82) is 0 Å². The van der Waals surface area contributed by atoms with E-state index >= 15 is 0 Å². The quantitative estimate of drug-likeness (QED) is 0.385. The monoisotopic (exact) mass is 270 g/mol. The molecule has 0 aromatic rings. The Balaban J connectivity index is 0. The Morgan fingerprint density at radius 3 is 2.54 bits per heavy atom. The minimum atomic E-state index is -0.167. The highest BCUT2D eigenvalue weighted by Gasteiger charge is 2.04. The maximum absolute atomic E-state index is 10.4. The third-order valence-corrected chi connectivity index (χ3v) is 2.13. The summed E-state index contributed by atoms with van der Waals surface area (Å²) in [4.78, 5) is 10.4. The summed E-state index contributed by atoms with van der Waals surface area (Å²) in [6.07, 6.45) is 6.28. The van der Waals surface area contributed by atoms with Crippen LogP contribution in [0, 0.1) is 0 Å². The van der Waals surface area contributed by atoms with Crippen LogP contribution in [0.15, 0.2) is 0 Å². The first-order valence-corrected chi connectivity index (χ1v) is 5.43. The van der Waals surface area contributed by atoms with E-state index < -0.39 is 0 Å². The molecule has 0 N–H and O–H groups in total. The van der Waals surface area contributed by atoms with Gasteiger partial charge in [-0.3, -0.25) is 0 Å². The number of ether oxygens (including phenoxy) is 1. The van der Waals surface area contributed by atoms with E-state index in [1.165, 1.54) is 12.8 Å². The van der Waals surface area contributed by atoms with Gasteiger partial charge in [0.2, 0.25) is 0 Å². The molecule has 4 heteroatoms. The lowest BCUT2D eigenvalue weighted by atomic mass is 10.1. The van der Waals surface area contributed by atoms with Crippen LogP contribution in [-0.4, -0.2) is 25.2 Å². The van der Waals surface area contributed by atoms with Gasteiger partial charge in [0.1, 0.15) is 12.4 Å². The molecule has 80 valence electrons. The fourth-order valence-corrected chi connectivity index (χ4v) is 1.36. The van der Waals surface area contributed by atoms with Gasteiger partial charge < -0.3 is 9.53 Å². The highest BCUT2D eigenvalue weighted by Crippen LogP contribution is 2.06. The molecular formula is C9H20BrO2P. The Morgan fingerprint density at radius 1 is 1.38 bits per heavy atom. The molecule has 0 aromatic heterocycles. The van der Waals surface area contributed by atoms with Crippen molar-refractivity contribution in [2.75, 3.05) is 12.8 Å². The minimum Gasteiger partial charge on any atom is -0.371 e. The molecule has 0 aliphatic carbocycles. The third kappa shape index (κ3) is 10.5. The van der Waals surface area contributed by atoms with Crippen molar-refractivity contribution in [2.24, 2.45) is 0 Å². The zero-order valence-corrected chi connectivity index (χ0v) is 11.1. The number of carbonyl (C=O) groups is 1. The van der Waals surface area contributed by atoms with E-state index in [4.69, 9.17) is 4.74 Å². The van der Waals surface area contributed by atoms with Crippen molar-refractivity contribution in [3.63, 3.8) is 0 Å². The smallest absolute Gasteiger partial charge is 0.148 e. The number of aldehydes is 1. The van der Waals surface area contributed by atoms with E-state index in [2.05, 4.69) is 9.24 Å². The predicted molar refractivity (Wildman–Crippen MR) is 64.8 cm³/mol. The zero-order chi connectivity index (χ0) is 9.23. The van der Waals surface area contributed by atoms with Crippen molar-refractivity contribution >= 4 is 32.5 Å². The first-order chi connectivity index (χ1) is 5.85. The molecule has 2 atom stereocenters. The van der Waals surface area contributed by atoms with E-state index in [1.807, 2.05) is 6.92 Å². The van der Waals surface area contributed by atoms with Gasteiger partial charge in [0.15, 0.2) is 0 Å². The second-order valence-electron chi connectivity index (χ2n) is 2.77. The summed E-state index contributed by atoms with van der Waals surface area (Å²) in [6, 6.07) is 0. The van der Waals surface area contributed by atoms with Crippen LogP contribution in [-0.2, 0) is 9.53 Å². The van der Waals surface area contributed by atoms with Gasteiger partial charge in [-0.25, -0.2) is 0 Å². The molecule has 0 fully saturated rings. The van der Waals surface area contributed by atoms with E-state index in [0.29, 0.717) is 6.61 Å². The number of halogens is 1. The number of rotatable bonds is 8. The van der Waals surface area contributed by atoms with Gasteiger partial charge in [-0.1, -0.05) is 12.8 Å². The fourth-order valence-electron chi connectivity index (χ4n) is 1.07. The van der Waals surface area contributed by atoms with Gasteiger partial charge in [0.05, 0.1) is 0 Å². The van der Waals surface area contributed by atoms with Gasteiger partial charge in [-0.15, -0.1) is 26.2 Å². The molecule has 0 aliphatic rings. The maximum atomic E-state index is 10.4. The highest BCUT2D eigenvalue weighted by atomic mass is 79.9. The predicted octanol–water partition coefficient (Wildman–Crippen LogP) is 2.60. The van der Waals surface area contributed by atoms with E-state index in [9.17, 15) is 4.79 Å². The van der Waals surface area contributed by atoms with Crippen molar-refractivity contribution in [3.8, 4) is 0 Å². The summed E-state index contributed by atoms with van der Waals surface area (Å²) in [6.45, 7) is 2.55. The lowest BCUT2D eigenvalue weighted by Gasteiger charge is -2.08. The van der Waals surface area contributed by atoms with Gasteiger partial charge in [-0.05, 0) is 25.9 Å². The second kappa shape index (κ2) is 12.5. The van der Waals surface area contributed by atoms with Gasteiger partial charge in [-0.2, -0.15) is 0 Å². The molecule has 0 aliphatic heterocycles. The first-order valence-electron chi connectivity index (χ1n) is 4.62. The van der Waals surface area contributed by atoms with Crippen molar-refractivity contribution in [3.05, 3.63) is 0 Å². The van der Waals surface area contributed by atoms with Crippen LogP contribution in [0.3, 0.4) is 0 Å². The molecule has 13 heavy (non-hydrogen) atoms. The molecule has 0 rings (SSSR count). The van der Waals surface area contributed by atoms with Crippen molar-refractivity contribution < 1.29 is 9.53 Å². The molecule has 0 saturated heterocycles. The van der Waals surface area contributed by atoms with Crippen LogP contribution in [0.25, 0.3) is 0 Å². The Labute approximate surface area is 93.8 Å². The Bertz CT molecular complexity index is 112. The second-order valence-corrected chi connectivity index (χ2v) is 3.35. The molecule has 2 unspecified atom stereocenters. The lowest BCUT2D eigenvalue weighted by Crippen LogP contribution is -2.14. The fraction of sp³-hybridized carbons (Fsp3) is 0.889. The average Bonchev–Trinajstić information content (AvgIpc) is 2.10. The minimum absolute atomic E-state index is 0. The summed E-state index contributed by atoms with van der Waals surface area (Å²) >= 11 is 0. The van der Waals surface area contributed by atoms with Crippen molar-refractivity contribution in [1.82, 2.24) is 0 Å². The lowest BCUT2D eigenvalue weighted by molar-refractivity contribution is -0.118. The number of hydrogen-bond donors (Lipinski definition) is 0. The number of hydrogen-bond acceptors (Lipinski definition) is 2. The molecule has 2 nitrogen and oxygen atoms in total. The summed E-state index contributed by atoms with van der Waals surface area (Å²) in [5, 5.41) is 0. The van der Waals surface area contributed by atoms with E-state index in [1.54, 1.807) is 0 Å². The van der Waals surface area contributed by atoms with Crippen LogP contribution in [0.2, 0.25) is 0 Å². The summed E-state index contributed by atoms with van der Waals surface area (Å²) < 4.78 is 5.20. The average molecular weight is 271 g/mol. The largest absolute Gasteiger partial charge is 0.371 e. The number of carbonyl (C=O) groups excluding carboxylic acids is 1. The first kappa shape index (κ1) is 16.0. The topological polar surface area (TPSA) is 26.3 Å². The SMILES string of the molecule is Br.CCOC(C=O)CCCCCP. The standard InChI is InChI=1S/C9H19O2P.BrH/c1-2-11-9(8-10)6-4-3-5-7-12;/h8-9H,2-7,12H2,1H3;1H. The summed E-state index contributed by atoms with van der Waals surface area (Å²) in [5.41, 5.74) is 0.